The molecule has 1 heterocycles. The quantitative estimate of drug-likeness (QED) is 0.307. The van der Waals surface area contributed by atoms with Crippen molar-refractivity contribution in [3.8, 4) is 0 Å². The fraction of sp³-hybridized carbons (Fsp3) is 0.200. The normalized spacial score (nSPS) is 15.4. The van der Waals surface area contributed by atoms with Gasteiger partial charge in [0.15, 0.2) is 0 Å². The summed E-state index contributed by atoms with van der Waals surface area (Å²) in [5.41, 5.74) is 0.392. The van der Waals surface area contributed by atoms with Crippen LogP contribution in [-0.4, -0.2) is 50.1 Å². The minimum Gasteiger partial charge on any atom is -0.480 e. The molecule has 0 unspecified atom stereocenters. The van der Waals surface area contributed by atoms with E-state index in [2.05, 4.69) is 5.32 Å². The number of benzene rings is 1. The SMILES string of the molecule is O=C(O)CNC(=O)CCN1C(=O)/C(=C/c2cccc([N+](=O)[O-])c2)SC1=S. The van der Waals surface area contributed by atoms with E-state index >= 15 is 0 Å². The van der Waals surface area contributed by atoms with E-state index < -0.39 is 29.3 Å². The Morgan fingerprint density at radius 1 is 1.42 bits per heavy atom. The zero-order valence-corrected chi connectivity index (χ0v) is 14.8. The molecule has 0 aromatic heterocycles. The number of nitrogens with zero attached hydrogens (tertiary/aromatic N) is 2. The summed E-state index contributed by atoms with van der Waals surface area (Å²) >= 11 is 6.16. The van der Waals surface area contributed by atoms with Crippen LogP contribution in [0.3, 0.4) is 0 Å². The molecule has 2 rings (SSSR count). The van der Waals surface area contributed by atoms with Crippen LogP contribution in [0.15, 0.2) is 29.2 Å². The van der Waals surface area contributed by atoms with Crippen molar-refractivity contribution in [3.63, 3.8) is 0 Å². The van der Waals surface area contributed by atoms with Gasteiger partial charge in [-0.1, -0.05) is 36.1 Å². The smallest absolute Gasteiger partial charge is 0.322 e. The molecule has 0 atom stereocenters. The van der Waals surface area contributed by atoms with E-state index in [4.69, 9.17) is 17.3 Å². The van der Waals surface area contributed by atoms with Gasteiger partial charge in [-0.2, -0.15) is 0 Å². The number of carbonyl (C=O) groups is 3. The number of nitrogens with one attached hydrogen (secondary N) is 1. The summed E-state index contributed by atoms with van der Waals surface area (Å²) < 4.78 is 0.262. The Kier molecular flexibility index (Phi) is 6.41. The molecule has 1 fully saturated rings. The third-order valence-electron chi connectivity index (χ3n) is 3.25. The molecule has 0 bridgehead atoms. The van der Waals surface area contributed by atoms with Gasteiger partial charge >= 0.3 is 5.97 Å². The maximum atomic E-state index is 12.4. The number of rotatable bonds is 7. The minimum atomic E-state index is -1.16. The van der Waals surface area contributed by atoms with Gasteiger partial charge in [0.05, 0.1) is 9.83 Å². The summed E-state index contributed by atoms with van der Waals surface area (Å²) in [6, 6.07) is 5.82. The van der Waals surface area contributed by atoms with E-state index in [-0.39, 0.29) is 23.0 Å². The van der Waals surface area contributed by atoms with Gasteiger partial charge in [0, 0.05) is 25.1 Å². The number of hydrogen-bond acceptors (Lipinski definition) is 7. The molecule has 11 heteroatoms. The number of carboxylic acids is 1. The molecule has 0 radical (unpaired) electrons. The standard InChI is InChI=1S/C15H13N3O6S2/c19-12(16-8-13(20)21)4-5-17-14(22)11(26-15(17)25)7-9-2-1-3-10(6-9)18(23)24/h1-3,6-7H,4-5,8H2,(H,16,19)(H,20,21)/b11-7-. The Balaban J connectivity index is 2.04. The zero-order chi connectivity index (χ0) is 19.3. The highest BCUT2D eigenvalue weighted by Gasteiger charge is 2.32. The molecule has 0 spiro atoms. The molecule has 2 amide bonds. The molecule has 2 N–H and O–H groups in total. The molecule has 1 aromatic rings. The molecule has 1 saturated heterocycles. The first-order valence-electron chi connectivity index (χ1n) is 7.26. The number of carboxylic acid groups (broad SMARTS) is 1. The third-order valence-corrected chi connectivity index (χ3v) is 4.63. The molecule has 0 aliphatic carbocycles. The topological polar surface area (TPSA) is 130 Å². The number of thioether (sulfide) groups is 1. The van der Waals surface area contributed by atoms with Gasteiger partial charge in [-0.25, -0.2) is 0 Å². The van der Waals surface area contributed by atoms with Crippen LogP contribution < -0.4 is 5.32 Å². The summed E-state index contributed by atoms with van der Waals surface area (Å²) in [6.45, 7) is -0.480. The zero-order valence-electron chi connectivity index (χ0n) is 13.2. The van der Waals surface area contributed by atoms with Gasteiger partial charge in [-0.15, -0.1) is 0 Å². The van der Waals surface area contributed by atoms with E-state index in [0.29, 0.717) is 10.5 Å². The maximum absolute atomic E-state index is 12.4. The summed E-state index contributed by atoms with van der Waals surface area (Å²) in [7, 11) is 0. The lowest BCUT2D eigenvalue weighted by Crippen LogP contribution is -2.35. The van der Waals surface area contributed by atoms with Crippen LogP contribution in [0.4, 0.5) is 5.69 Å². The summed E-state index contributed by atoms with van der Waals surface area (Å²) in [5.74, 6) is -2.08. The Hall–Kier alpha value is -2.79. The average molecular weight is 395 g/mol. The fourth-order valence-corrected chi connectivity index (χ4v) is 3.36. The van der Waals surface area contributed by atoms with E-state index in [1.165, 1.54) is 29.2 Å². The second-order valence-corrected chi connectivity index (χ2v) is 6.78. The molecular formula is C15H13N3O6S2. The predicted molar refractivity (Wildman–Crippen MR) is 98.2 cm³/mol. The van der Waals surface area contributed by atoms with Crippen molar-refractivity contribution in [2.75, 3.05) is 13.1 Å². The fourth-order valence-electron chi connectivity index (χ4n) is 2.05. The number of amides is 2. The van der Waals surface area contributed by atoms with Gasteiger partial charge in [0.1, 0.15) is 10.9 Å². The van der Waals surface area contributed by atoms with Crippen LogP contribution in [0.5, 0.6) is 0 Å². The monoisotopic (exact) mass is 395 g/mol. The number of thiocarbonyl (C=S) groups is 1. The highest BCUT2D eigenvalue weighted by molar-refractivity contribution is 8.26. The van der Waals surface area contributed by atoms with Crippen molar-refractivity contribution in [3.05, 3.63) is 44.8 Å². The summed E-state index contributed by atoms with van der Waals surface area (Å²) in [5, 5.41) is 21.5. The largest absolute Gasteiger partial charge is 0.480 e. The lowest BCUT2D eigenvalue weighted by atomic mass is 10.2. The number of hydrogen-bond donors (Lipinski definition) is 2. The minimum absolute atomic E-state index is 0.0163. The van der Waals surface area contributed by atoms with E-state index in [1.54, 1.807) is 6.07 Å². The van der Waals surface area contributed by atoms with Crippen LogP contribution in [0.25, 0.3) is 6.08 Å². The maximum Gasteiger partial charge on any atom is 0.322 e. The molecule has 1 aromatic carbocycles. The molecule has 0 saturated carbocycles. The Morgan fingerprint density at radius 2 is 2.15 bits per heavy atom. The second-order valence-electron chi connectivity index (χ2n) is 5.11. The van der Waals surface area contributed by atoms with E-state index in [0.717, 1.165) is 11.8 Å². The lowest BCUT2D eigenvalue weighted by molar-refractivity contribution is -0.384. The van der Waals surface area contributed by atoms with Crippen molar-refractivity contribution in [1.29, 1.82) is 0 Å². The van der Waals surface area contributed by atoms with Gasteiger partial charge in [0.25, 0.3) is 11.6 Å². The Bertz CT molecular complexity index is 823. The first kappa shape index (κ1) is 19.5. The number of non-ortho nitro benzene ring substituents is 1. The molecule has 1 aliphatic heterocycles. The first-order valence-corrected chi connectivity index (χ1v) is 8.48. The number of aliphatic carboxylic acids is 1. The number of nitro benzene ring substituents is 1. The second kappa shape index (κ2) is 8.54. The highest BCUT2D eigenvalue weighted by atomic mass is 32.2. The molecule has 9 nitrogen and oxygen atoms in total. The van der Waals surface area contributed by atoms with Crippen LogP contribution in [0, 0.1) is 10.1 Å². The summed E-state index contributed by atoms with van der Waals surface area (Å²) in [4.78, 5) is 46.2. The van der Waals surface area contributed by atoms with Crippen molar-refractivity contribution in [2.45, 2.75) is 6.42 Å². The van der Waals surface area contributed by atoms with Gasteiger partial charge in [-0.3, -0.25) is 29.4 Å². The summed E-state index contributed by atoms with van der Waals surface area (Å²) in [6.07, 6.45) is 1.40. The first-order chi connectivity index (χ1) is 12.3. The molecular weight excluding hydrogens is 382 g/mol. The molecule has 1 aliphatic rings. The van der Waals surface area contributed by atoms with Crippen LogP contribution in [0.1, 0.15) is 12.0 Å². The Labute approximate surface area is 157 Å². The van der Waals surface area contributed by atoms with Gasteiger partial charge in [0.2, 0.25) is 5.91 Å². The molecule has 26 heavy (non-hydrogen) atoms. The predicted octanol–water partition coefficient (Wildman–Crippen LogP) is 1.39. The average Bonchev–Trinajstić information content (AvgIpc) is 2.85. The number of carbonyl (C=O) groups excluding carboxylic acids is 2. The van der Waals surface area contributed by atoms with Crippen molar-refractivity contribution in [2.24, 2.45) is 0 Å². The molecule has 136 valence electrons. The lowest BCUT2D eigenvalue weighted by Gasteiger charge is -2.13. The van der Waals surface area contributed by atoms with Gasteiger partial charge in [-0.05, 0) is 11.6 Å². The van der Waals surface area contributed by atoms with E-state index in [9.17, 15) is 24.5 Å². The Morgan fingerprint density at radius 3 is 2.81 bits per heavy atom. The highest BCUT2D eigenvalue weighted by Crippen LogP contribution is 2.33. The van der Waals surface area contributed by atoms with Crippen LogP contribution in [-0.2, 0) is 14.4 Å². The van der Waals surface area contributed by atoms with Crippen molar-refractivity contribution < 1.29 is 24.4 Å². The third kappa shape index (κ3) is 5.10. The van der Waals surface area contributed by atoms with Crippen molar-refractivity contribution in [1.82, 2.24) is 10.2 Å². The van der Waals surface area contributed by atoms with E-state index in [1.807, 2.05) is 0 Å². The van der Waals surface area contributed by atoms with Crippen LogP contribution in [0.2, 0.25) is 0 Å². The van der Waals surface area contributed by atoms with Gasteiger partial charge < -0.3 is 10.4 Å². The van der Waals surface area contributed by atoms with Crippen molar-refractivity contribution >= 4 is 57.8 Å². The number of nitro groups is 1. The van der Waals surface area contributed by atoms with Crippen LogP contribution >= 0.6 is 24.0 Å².